The molecule has 1 unspecified atom stereocenters. The Balaban J connectivity index is 2.13. The molecule has 98 valence electrons. The topological polar surface area (TPSA) is 55.1 Å². The number of hydrogen-bond acceptors (Lipinski definition) is 2. The van der Waals surface area contributed by atoms with Gasteiger partial charge >= 0.3 is 0 Å². The predicted octanol–water partition coefficient (Wildman–Crippen LogP) is 3.52. The highest BCUT2D eigenvalue weighted by molar-refractivity contribution is 9.10. The average molecular weight is 319 g/mol. The van der Waals surface area contributed by atoms with Gasteiger partial charge in [0.2, 0.25) is 0 Å². The van der Waals surface area contributed by atoms with E-state index in [1.165, 1.54) is 0 Å². The number of carbonyl (C=O) groups excluding carboxylic acids is 1. The average Bonchev–Trinajstić information content (AvgIpc) is 2.38. The van der Waals surface area contributed by atoms with Crippen LogP contribution in [0.3, 0.4) is 0 Å². The van der Waals surface area contributed by atoms with Crippen molar-refractivity contribution in [2.24, 2.45) is 0 Å². The Morgan fingerprint density at radius 1 is 1.21 bits per heavy atom. The lowest BCUT2D eigenvalue weighted by atomic mass is 10.1. The first-order chi connectivity index (χ1) is 9.06. The van der Waals surface area contributed by atoms with Crippen molar-refractivity contribution >= 4 is 27.5 Å². The number of anilines is 1. The standard InChI is InChI=1S/C15H15BrN2O/c1-10(11-5-3-2-4-6-11)18-15(19)12-7-13(16)9-14(17)8-12/h2-10H,17H2,1H3,(H,18,19). The van der Waals surface area contributed by atoms with E-state index >= 15 is 0 Å². The zero-order chi connectivity index (χ0) is 13.8. The molecule has 0 radical (unpaired) electrons. The van der Waals surface area contributed by atoms with Crippen molar-refractivity contribution in [3.8, 4) is 0 Å². The number of rotatable bonds is 3. The van der Waals surface area contributed by atoms with E-state index in [-0.39, 0.29) is 11.9 Å². The quantitative estimate of drug-likeness (QED) is 0.851. The van der Waals surface area contributed by atoms with E-state index in [0.29, 0.717) is 11.3 Å². The first-order valence-corrected chi connectivity index (χ1v) is 6.77. The van der Waals surface area contributed by atoms with E-state index in [1.54, 1.807) is 18.2 Å². The molecule has 0 spiro atoms. The van der Waals surface area contributed by atoms with Crippen LogP contribution in [-0.2, 0) is 0 Å². The lowest BCUT2D eigenvalue weighted by Crippen LogP contribution is -2.26. The van der Waals surface area contributed by atoms with Crippen LogP contribution in [0, 0.1) is 0 Å². The molecule has 0 aliphatic rings. The maximum absolute atomic E-state index is 12.1. The summed E-state index contributed by atoms with van der Waals surface area (Å²) in [7, 11) is 0. The summed E-state index contributed by atoms with van der Waals surface area (Å²) in [5, 5.41) is 2.95. The molecule has 1 amide bonds. The van der Waals surface area contributed by atoms with Gasteiger partial charge in [0.15, 0.2) is 0 Å². The minimum atomic E-state index is -0.135. The summed E-state index contributed by atoms with van der Waals surface area (Å²) in [5.41, 5.74) is 7.91. The molecule has 3 N–H and O–H groups in total. The van der Waals surface area contributed by atoms with Gasteiger partial charge in [-0.25, -0.2) is 0 Å². The third kappa shape index (κ3) is 3.58. The van der Waals surface area contributed by atoms with Crippen LogP contribution in [-0.4, -0.2) is 5.91 Å². The van der Waals surface area contributed by atoms with Gasteiger partial charge in [0.1, 0.15) is 0 Å². The molecule has 0 fully saturated rings. The maximum Gasteiger partial charge on any atom is 0.251 e. The number of benzene rings is 2. The van der Waals surface area contributed by atoms with E-state index in [0.717, 1.165) is 10.0 Å². The fraction of sp³-hybridized carbons (Fsp3) is 0.133. The molecular formula is C15H15BrN2O. The van der Waals surface area contributed by atoms with Gasteiger partial charge in [0, 0.05) is 15.7 Å². The monoisotopic (exact) mass is 318 g/mol. The summed E-state index contributed by atoms with van der Waals surface area (Å²) < 4.78 is 0.796. The maximum atomic E-state index is 12.1. The summed E-state index contributed by atoms with van der Waals surface area (Å²) in [6.07, 6.45) is 0. The highest BCUT2D eigenvalue weighted by Crippen LogP contribution is 2.18. The minimum Gasteiger partial charge on any atom is -0.399 e. The van der Waals surface area contributed by atoms with E-state index in [9.17, 15) is 4.79 Å². The minimum absolute atomic E-state index is 0.0473. The molecule has 1 atom stereocenters. The lowest BCUT2D eigenvalue weighted by Gasteiger charge is -2.14. The Bertz CT molecular complexity index is 564. The Hall–Kier alpha value is -1.81. The van der Waals surface area contributed by atoms with Gasteiger partial charge < -0.3 is 11.1 Å². The van der Waals surface area contributed by atoms with E-state index in [1.807, 2.05) is 37.3 Å². The molecule has 0 bridgehead atoms. The predicted molar refractivity (Wildman–Crippen MR) is 80.9 cm³/mol. The molecule has 0 heterocycles. The van der Waals surface area contributed by atoms with E-state index in [4.69, 9.17) is 5.73 Å². The Morgan fingerprint density at radius 3 is 2.53 bits per heavy atom. The zero-order valence-corrected chi connectivity index (χ0v) is 12.1. The van der Waals surface area contributed by atoms with Crippen LogP contribution < -0.4 is 11.1 Å². The molecule has 4 heteroatoms. The highest BCUT2D eigenvalue weighted by Gasteiger charge is 2.12. The molecule has 0 aromatic heterocycles. The second-order valence-corrected chi connectivity index (χ2v) is 5.29. The van der Waals surface area contributed by atoms with Gasteiger partial charge in [-0.2, -0.15) is 0 Å². The van der Waals surface area contributed by atoms with Crippen LogP contribution in [0.4, 0.5) is 5.69 Å². The second kappa shape index (κ2) is 5.89. The van der Waals surface area contributed by atoms with Crippen molar-refractivity contribution < 1.29 is 4.79 Å². The fourth-order valence-electron chi connectivity index (χ4n) is 1.85. The van der Waals surface area contributed by atoms with Gasteiger partial charge in [0.05, 0.1) is 6.04 Å². The smallest absolute Gasteiger partial charge is 0.251 e. The van der Waals surface area contributed by atoms with E-state index < -0.39 is 0 Å². The van der Waals surface area contributed by atoms with Crippen molar-refractivity contribution in [3.05, 3.63) is 64.1 Å². The van der Waals surface area contributed by atoms with Crippen molar-refractivity contribution in [2.75, 3.05) is 5.73 Å². The van der Waals surface area contributed by atoms with Crippen LogP contribution in [0.5, 0.6) is 0 Å². The van der Waals surface area contributed by atoms with Gasteiger partial charge in [0.25, 0.3) is 5.91 Å². The Kier molecular flexibility index (Phi) is 4.22. The third-order valence-corrected chi connectivity index (χ3v) is 3.29. The van der Waals surface area contributed by atoms with Crippen LogP contribution in [0.1, 0.15) is 28.9 Å². The number of carbonyl (C=O) groups is 1. The van der Waals surface area contributed by atoms with Crippen LogP contribution in [0.25, 0.3) is 0 Å². The molecule has 19 heavy (non-hydrogen) atoms. The molecule has 3 nitrogen and oxygen atoms in total. The molecule has 0 saturated carbocycles. The summed E-state index contributed by atoms with van der Waals surface area (Å²) in [6, 6.07) is 15.0. The molecule has 2 aromatic rings. The second-order valence-electron chi connectivity index (χ2n) is 4.38. The molecule has 0 aliphatic carbocycles. The lowest BCUT2D eigenvalue weighted by molar-refractivity contribution is 0.0940. The largest absolute Gasteiger partial charge is 0.399 e. The van der Waals surface area contributed by atoms with Crippen LogP contribution in [0.2, 0.25) is 0 Å². The number of halogens is 1. The van der Waals surface area contributed by atoms with Crippen molar-refractivity contribution in [3.63, 3.8) is 0 Å². The Morgan fingerprint density at radius 2 is 1.89 bits per heavy atom. The summed E-state index contributed by atoms with van der Waals surface area (Å²) >= 11 is 3.33. The van der Waals surface area contributed by atoms with Gasteiger partial charge in [-0.3, -0.25) is 4.79 Å². The van der Waals surface area contributed by atoms with Gasteiger partial charge in [-0.1, -0.05) is 46.3 Å². The molecule has 0 saturated heterocycles. The molecule has 2 rings (SSSR count). The first-order valence-electron chi connectivity index (χ1n) is 5.98. The van der Waals surface area contributed by atoms with Crippen molar-refractivity contribution in [2.45, 2.75) is 13.0 Å². The van der Waals surface area contributed by atoms with Crippen LogP contribution >= 0.6 is 15.9 Å². The highest BCUT2D eigenvalue weighted by atomic mass is 79.9. The van der Waals surface area contributed by atoms with Crippen LogP contribution in [0.15, 0.2) is 53.0 Å². The van der Waals surface area contributed by atoms with E-state index in [2.05, 4.69) is 21.2 Å². The normalized spacial score (nSPS) is 11.9. The van der Waals surface area contributed by atoms with Gasteiger partial charge in [-0.05, 0) is 30.7 Å². The van der Waals surface area contributed by atoms with Crippen molar-refractivity contribution in [1.82, 2.24) is 5.32 Å². The first kappa shape index (κ1) is 13.6. The molecule has 2 aromatic carbocycles. The zero-order valence-electron chi connectivity index (χ0n) is 10.6. The number of nitrogen functional groups attached to an aromatic ring is 1. The summed E-state index contributed by atoms with van der Waals surface area (Å²) in [5.74, 6) is -0.135. The number of amides is 1. The van der Waals surface area contributed by atoms with Crippen molar-refractivity contribution in [1.29, 1.82) is 0 Å². The van der Waals surface area contributed by atoms with Gasteiger partial charge in [-0.15, -0.1) is 0 Å². The Labute approximate surface area is 121 Å². The number of nitrogens with one attached hydrogen (secondary N) is 1. The summed E-state index contributed by atoms with van der Waals surface area (Å²) in [6.45, 7) is 1.95. The molecular weight excluding hydrogens is 304 g/mol. The third-order valence-electron chi connectivity index (χ3n) is 2.83. The number of hydrogen-bond donors (Lipinski definition) is 2. The SMILES string of the molecule is CC(NC(=O)c1cc(N)cc(Br)c1)c1ccccc1. The number of nitrogens with two attached hydrogens (primary N) is 1. The molecule has 0 aliphatic heterocycles. The summed E-state index contributed by atoms with van der Waals surface area (Å²) in [4.78, 5) is 12.1. The fourth-order valence-corrected chi connectivity index (χ4v) is 2.36.